The van der Waals surface area contributed by atoms with Gasteiger partial charge in [0.2, 0.25) is 0 Å². The van der Waals surface area contributed by atoms with Crippen LogP contribution in [0, 0.1) is 22.7 Å². The summed E-state index contributed by atoms with van der Waals surface area (Å²) in [4.78, 5) is 1.42. The van der Waals surface area contributed by atoms with Crippen LogP contribution >= 0.6 is 11.3 Å². The molecule has 0 amide bonds. The predicted molar refractivity (Wildman–Crippen MR) is 76.5 cm³/mol. The van der Waals surface area contributed by atoms with Crippen LogP contribution in [0.5, 0.6) is 0 Å². The Morgan fingerprint density at radius 2 is 2.00 bits per heavy atom. The number of hydrogen-bond donors (Lipinski definition) is 1. The molecule has 0 aliphatic heterocycles. The highest BCUT2D eigenvalue weighted by molar-refractivity contribution is 7.10. The Bertz CT molecular complexity index is 436. The number of thiophene rings is 1. The minimum Gasteiger partial charge on any atom is -0.323 e. The minimum atomic E-state index is 0.294. The smallest absolute Gasteiger partial charge is 0.0447 e. The number of hydrogen-bond acceptors (Lipinski definition) is 2. The molecule has 2 N–H and O–H groups in total. The molecule has 4 bridgehead atoms. The minimum absolute atomic E-state index is 0.294. The van der Waals surface area contributed by atoms with E-state index in [0.717, 1.165) is 11.8 Å². The third kappa shape index (κ3) is 1.55. The highest BCUT2D eigenvalue weighted by Crippen LogP contribution is 2.68. The van der Waals surface area contributed by atoms with E-state index in [1.807, 2.05) is 11.3 Å². The number of nitrogens with two attached hydrogens (primary N) is 1. The maximum Gasteiger partial charge on any atom is 0.0447 e. The SMILES string of the molecule is CC12CC3CC(C1)CC(C(N)c1cccs1)(C3)C2. The molecule has 2 heteroatoms. The van der Waals surface area contributed by atoms with Crippen LogP contribution in [0.4, 0.5) is 0 Å². The lowest BCUT2D eigenvalue weighted by molar-refractivity contribution is -0.113. The van der Waals surface area contributed by atoms with Crippen LogP contribution in [-0.2, 0) is 0 Å². The fourth-order valence-electron chi connectivity index (χ4n) is 5.93. The van der Waals surface area contributed by atoms with Crippen LogP contribution in [0.2, 0.25) is 0 Å². The van der Waals surface area contributed by atoms with E-state index >= 15 is 0 Å². The van der Waals surface area contributed by atoms with Crippen molar-refractivity contribution in [3.63, 3.8) is 0 Å². The lowest BCUT2D eigenvalue weighted by atomic mass is 9.43. The normalized spacial score (nSPS) is 47.4. The summed E-state index contributed by atoms with van der Waals surface area (Å²) < 4.78 is 0. The van der Waals surface area contributed by atoms with Crippen molar-refractivity contribution >= 4 is 11.3 Å². The Labute approximate surface area is 114 Å². The average Bonchev–Trinajstić information content (AvgIpc) is 2.77. The summed E-state index contributed by atoms with van der Waals surface area (Å²) in [6.45, 7) is 2.53. The third-order valence-electron chi connectivity index (χ3n) is 5.91. The molecule has 0 spiro atoms. The van der Waals surface area contributed by atoms with Gasteiger partial charge in [-0.15, -0.1) is 11.3 Å². The van der Waals surface area contributed by atoms with Gasteiger partial charge >= 0.3 is 0 Å². The summed E-state index contributed by atoms with van der Waals surface area (Å²) in [5.74, 6) is 1.95. The van der Waals surface area contributed by atoms with Crippen LogP contribution in [0.25, 0.3) is 0 Å². The summed E-state index contributed by atoms with van der Waals surface area (Å²) in [6, 6.07) is 4.70. The molecule has 1 nitrogen and oxygen atoms in total. The van der Waals surface area contributed by atoms with Gasteiger partial charge in [0.25, 0.3) is 0 Å². The van der Waals surface area contributed by atoms with Crippen LogP contribution in [0.1, 0.15) is 56.4 Å². The molecule has 4 aliphatic carbocycles. The summed E-state index contributed by atoms with van der Waals surface area (Å²) >= 11 is 1.85. The molecule has 3 unspecified atom stereocenters. The first-order valence-corrected chi connectivity index (χ1v) is 8.26. The Morgan fingerprint density at radius 3 is 2.56 bits per heavy atom. The monoisotopic (exact) mass is 261 g/mol. The summed E-state index contributed by atoms with van der Waals surface area (Å²) in [5.41, 5.74) is 7.75. The van der Waals surface area contributed by atoms with Gasteiger partial charge in [0.1, 0.15) is 0 Å². The van der Waals surface area contributed by atoms with Crippen molar-refractivity contribution in [1.82, 2.24) is 0 Å². The van der Waals surface area contributed by atoms with Gasteiger partial charge in [0, 0.05) is 10.9 Å². The summed E-state index contributed by atoms with van der Waals surface area (Å²) in [7, 11) is 0. The molecule has 0 saturated heterocycles. The highest BCUT2D eigenvalue weighted by atomic mass is 32.1. The van der Waals surface area contributed by atoms with E-state index < -0.39 is 0 Å². The van der Waals surface area contributed by atoms with E-state index in [0.29, 0.717) is 16.9 Å². The molecule has 4 saturated carbocycles. The third-order valence-corrected chi connectivity index (χ3v) is 6.86. The average molecular weight is 261 g/mol. The van der Waals surface area contributed by atoms with Gasteiger partial charge in [0.05, 0.1) is 0 Å². The number of rotatable bonds is 2. The fourth-order valence-corrected chi connectivity index (χ4v) is 6.80. The molecule has 18 heavy (non-hydrogen) atoms. The lowest BCUT2D eigenvalue weighted by Gasteiger charge is -2.63. The predicted octanol–water partition coefficient (Wildman–Crippen LogP) is 4.35. The molecule has 4 fully saturated rings. The van der Waals surface area contributed by atoms with Crippen molar-refractivity contribution in [2.45, 2.75) is 51.5 Å². The van der Waals surface area contributed by atoms with E-state index in [4.69, 9.17) is 5.73 Å². The van der Waals surface area contributed by atoms with E-state index in [1.165, 1.54) is 43.4 Å². The molecule has 4 aliphatic rings. The quantitative estimate of drug-likeness (QED) is 0.841. The van der Waals surface area contributed by atoms with Crippen molar-refractivity contribution in [3.8, 4) is 0 Å². The first kappa shape index (κ1) is 11.5. The molecule has 1 aromatic rings. The molecule has 5 rings (SSSR count). The molecular weight excluding hydrogens is 238 g/mol. The van der Waals surface area contributed by atoms with Crippen molar-refractivity contribution < 1.29 is 0 Å². The largest absolute Gasteiger partial charge is 0.323 e. The lowest BCUT2D eigenvalue weighted by Crippen LogP contribution is -2.54. The molecule has 1 aromatic heterocycles. The Kier molecular flexibility index (Phi) is 2.30. The second-order valence-corrected chi connectivity index (χ2v) is 8.61. The highest BCUT2D eigenvalue weighted by Gasteiger charge is 2.57. The summed E-state index contributed by atoms with van der Waals surface area (Å²) in [6.07, 6.45) is 8.63. The first-order chi connectivity index (χ1) is 8.59. The van der Waals surface area contributed by atoms with Gasteiger partial charge in [-0.3, -0.25) is 0 Å². The van der Waals surface area contributed by atoms with Gasteiger partial charge < -0.3 is 5.73 Å². The van der Waals surface area contributed by atoms with Crippen LogP contribution in [0.3, 0.4) is 0 Å². The second kappa shape index (κ2) is 3.61. The zero-order chi connectivity index (χ0) is 12.4. The Morgan fingerprint density at radius 1 is 1.28 bits per heavy atom. The Hall–Kier alpha value is -0.340. The van der Waals surface area contributed by atoms with Crippen molar-refractivity contribution in [2.24, 2.45) is 28.4 Å². The van der Waals surface area contributed by atoms with Gasteiger partial charge in [-0.2, -0.15) is 0 Å². The molecule has 3 atom stereocenters. The van der Waals surface area contributed by atoms with Crippen LogP contribution in [-0.4, -0.2) is 0 Å². The Balaban J connectivity index is 1.71. The summed E-state index contributed by atoms with van der Waals surface area (Å²) in [5, 5.41) is 2.18. The molecule has 1 heterocycles. The van der Waals surface area contributed by atoms with Crippen molar-refractivity contribution in [3.05, 3.63) is 22.4 Å². The van der Waals surface area contributed by atoms with Crippen LogP contribution in [0.15, 0.2) is 17.5 Å². The van der Waals surface area contributed by atoms with Gasteiger partial charge in [-0.05, 0) is 72.6 Å². The van der Waals surface area contributed by atoms with Gasteiger partial charge in [-0.25, -0.2) is 0 Å². The fraction of sp³-hybridized carbons (Fsp3) is 0.750. The standard InChI is InChI=1S/C16H23NS/c1-15-6-11-5-12(7-15)9-16(8-11,10-15)14(17)13-3-2-4-18-13/h2-4,11-12,14H,5-10,17H2,1H3. The van der Waals surface area contributed by atoms with E-state index in [-0.39, 0.29) is 0 Å². The molecular formula is C16H23NS. The molecule has 0 radical (unpaired) electrons. The maximum absolute atomic E-state index is 6.71. The first-order valence-electron chi connectivity index (χ1n) is 7.38. The van der Waals surface area contributed by atoms with E-state index in [1.54, 1.807) is 0 Å². The second-order valence-electron chi connectivity index (χ2n) is 7.63. The molecule has 0 aromatic carbocycles. The topological polar surface area (TPSA) is 26.0 Å². The van der Waals surface area contributed by atoms with Crippen molar-refractivity contribution in [1.29, 1.82) is 0 Å². The van der Waals surface area contributed by atoms with Gasteiger partial charge in [0.15, 0.2) is 0 Å². The van der Waals surface area contributed by atoms with Gasteiger partial charge in [-0.1, -0.05) is 13.0 Å². The zero-order valence-electron chi connectivity index (χ0n) is 11.2. The van der Waals surface area contributed by atoms with E-state index in [9.17, 15) is 0 Å². The maximum atomic E-state index is 6.71. The van der Waals surface area contributed by atoms with Crippen molar-refractivity contribution in [2.75, 3.05) is 0 Å². The molecule has 98 valence electrons. The van der Waals surface area contributed by atoms with Crippen LogP contribution < -0.4 is 5.73 Å². The van der Waals surface area contributed by atoms with E-state index in [2.05, 4.69) is 24.4 Å². The zero-order valence-corrected chi connectivity index (χ0v) is 12.0.